The molecule has 1 spiro atoms. The Morgan fingerprint density at radius 1 is 1.25 bits per heavy atom. The molecule has 0 aliphatic carbocycles. The quantitative estimate of drug-likeness (QED) is 0.799. The Labute approximate surface area is 125 Å². The number of ether oxygens (including phenoxy) is 3. The van der Waals surface area contributed by atoms with Gasteiger partial charge >= 0.3 is 0 Å². The molecule has 2 saturated heterocycles. The Morgan fingerprint density at radius 2 is 2.10 bits per heavy atom. The van der Waals surface area contributed by atoms with Crippen LogP contribution < -0.4 is 4.74 Å². The number of hydrogen-bond donors (Lipinski definition) is 0. The normalized spacial score (nSPS) is 25.6. The van der Waals surface area contributed by atoms with Crippen LogP contribution in [0, 0.1) is 0 Å². The van der Waals surface area contributed by atoms with Crippen molar-refractivity contribution in [1.82, 2.24) is 0 Å². The van der Waals surface area contributed by atoms with Crippen molar-refractivity contribution in [3.05, 3.63) is 29.8 Å². The first-order valence-corrected chi connectivity index (χ1v) is 7.86. The van der Waals surface area contributed by atoms with Crippen LogP contribution in [0.15, 0.2) is 24.3 Å². The van der Waals surface area contributed by atoms with Crippen molar-refractivity contribution in [1.29, 1.82) is 0 Å². The summed E-state index contributed by atoms with van der Waals surface area (Å²) in [6, 6.07) is 8.04. The highest BCUT2D eigenvalue weighted by atomic mass is 35.5. The van der Waals surface area contributed by atoms with Crippen LogP contribution in [0.5, 0.6) is 5.75 Å². The van der Waals surface area contributed by atoms with Gasteiger partial charge in [-0.1, -0.05) is 12.1 Å². The zero-order valence-corrected chi connectivity index (χ0v) is 12.4. The van der Waals surface area contributed by atoms with Crippen LogP contribution in [-0.2, 0) is 15.4 Å². The van der Waals surface area contributed by atoms with Crippen molar-refractivity contribution in [3.8, 4) is 5.75 Å². The first-order valence-electron chi connectivity index (χ1n) is 7.33. The van der Waals surface area contributed by atoms with E-state index < -0.39 is 0 Å². The lowest BCUT2D eigenvalue weighted by molar-refractivity contribution is -0.155. The fourth-order valence-corrected chi connectivity index (χ4v) is 3.24. The molecular formula is C16H21ClO3. The highest BCUT2D eigenvalue weighted by Crippen LogP contribution is 2.35. The third-order valence-corrected chi connectivity index (χ3v) is 4.52. The molecule has 1 aromatic carbocycles. The van der Waals surface area contributed by atoms with E-state index in [1.807, 2.05) is 24.3 Å². The molecule has 0 saturated carbocycles. The number of alkyl halides is 1. The lowest BCUT2D eigenvalue weighted by Crippen LogP contribution is -2.47. The Kier molecular flexibility index (Phi) is 4.49. The smallest absolute Gasteiger partial charge is 0.120 e. The monoisotopic (exact) mass is 296 g/mol. The Balaban J connectivity index is 1.64. The molecule has 2 aliphatic rings. The van der Waals surface area contributed by atoms with Gasteiger partial charge in [-0.05, 0) is 30.5 Å². The van der Waals surface area contributed by atoms with Gasteiger partial charge in [0, 0.05) is 31.9 Å². The van der Waals surface area contributed by atoms with E-state index in [0.717, 1.165) is 56.8 Å². The van der Waals surface area contributed by atoms with Gasteiger partial charge in [-0.2, -0.15) is 0 Å². The summed E-state index contributed by atoms with van der Waals surface area (Å²) in [5.74, 6) is 1.43. The second-order valence-corrected chi connectivity index (χ2v) is 5.92. The van der Waals surface area contributed by atoms with E-state index in [9.17, 15) is 0 Å². The topological polar surface area (TPSA) is 27.7 Å². The summed E-state index contributed by atoms with van der Waals surface area (Å²) < 4.78 is 17.6. The first kappa shape index (κ1) is 14.2. The summed E-state index contributed by atoms with van der Waals surface area (Å²) in [5.41, 5.74) is 1.07. The molecule has 3 rings (SSSR count). The maximum atomic E-state index is 6.15. The largest absolute Gasteiger partial charge is 0.490 e. The van der Waals surface area contributed by atoms with Gasteiger partial charge in [-0.15, -0.1) is 11.6 Å². The van der Waals surface area contributed by atoms with Crippen LogP contribution in [0.4, 0.5) is 0 Å². The van der Waals surface area contributed by atoms with Crippen molar-refractivity contribution in [2.75, 3.05) is 19.8 Å². The van der Waals surface area contributed by atoms with Crippen molar-refractivity contribution >= 4 is 11.6 Å². The van der Waals surface area contributed by atoms with E-state index in [0.29, 0.717) is 5.88 Å². The fourth-order valence-electron chi connectivity index (χ4n) is 3.07. The second kappa shape index (κ2) is 6.33. The van der Waals surface area contributed by atoms with Gasteiger partial charge in [0.15, 0.2) is 0 Å². The second-order valence-electron chi connectivity index (χ2n) is 5.66. The van der Waals surface area contributed by atoms with Crippen molar-refractivity contribution < 1.29 is 14.2 Å². The molecule has 2 aliphatic heterocycles. The standard InChI is InChI=1S/C16H21ClO3/c17-12-13-2-1-3-14(10-13)20-15-4-7-19-16(11-15)5-8-18-9-6-16/h1-3,10,15H,4-9,11-12H2. The van der Waals surface area contributed by atoms with E-state index in [-0.39, 0.29) is 11.7 Å². The van der Waals surface area contributed by atoms with Crippen molar-refractivity contribution in [2.45, 2.75) is 43.3 Å². The summed E-state index contributed by atoms with van der Waals surface area (Å²) in [4.78, 5) is 0. The molecule has 1 aromatic rings. The van der Waals surface area contributed by atoms with Gasteiger partial charge in [0.1, 0.15) is 11.9 Å². The lowest BCUT2D eigenvalue weighted by atomic mass is 9.85. The van der Waals surface area contributed by atoms with Crippen LogP contribution in [0.25, 0.3) is 0 Å². The average Bonchev–Trinajstić information content (AvgIpc) is 2.48. The van der Waals surface area contributed by atoms with Gasteiger partial charge in [0.05, 0.1) is 12.2 Å². The van der Waals surface area contributed by atoms with Crippen LogP contribution in [-0.4, -0.2) is 31.5 Å². The maximum Gasteiger partial charge on any atom is 0.120 e. The SMILES string of the molecule is ClCc1cccc(OC2CCOC3(CCOCC3)C2)c1. The van der Waals surface area contributed by atoms with Crippen LogP contribution in [0.2, 0.25) is 0 Å². The summed E-state index contributed by atoms with van der Waals surface area (Å²) in [5, 5.41) is 0. The lowest BCUT2D eigenvalue weighted by Gasteiger charge is -2.43. The zero-order chi connectivity index (χ0) is 13.8. The van der Waals surface area contributed by atoms with Crippen molar-refractivity contribution in [2.24, 2.45) is 0 Å². The number of halogens is 1. The number of hydrogen-bond acceptors (Lipinski definition) is 3. The van der Waals surface area contributed by atoms with Gasteiger partial charge in [-0.3, -0.25) is 0 Å². The molecule has 4 heteroatoms. The Bertz CT molecular complexity index is 438. The third-order valence-electron chi connectivity index (χ3n) is 4.21. The molecule has 110 valence electrons. The predicted octanol–water partition coefficient (Wildman–Crippen LogP) is 3.53. The van der Waals surface area contributed by atoms with Gasteiger partial charge < -0.3 is 14.2 Å². The first-order chi connectivity index (χ1) is 9.80. The van der Waals surface area contributed by atoms with E-state index >= 15 is 0 Å². The Hall–Kier alpha value is -0.770. The summed E-state index contributed by atoms with van der Waals surface area (Å²) in [7, 11) is 0. The molecule has 1 unspecified atom stereocenters. The zero-order valence-electron chi connectivity index (χ0n) is 11.6. The molecule has 0 bridgehead atoms. The molecular weight excluding hydrogens is 276 g/mol. The number of benzene rings is 1. The predicted molar refractivity (Wildman–Crippen MR) is 78.4 cm³/mol. The average molecular weight is 297 g/mol. The fraction of sp³-hybridized carbons (Fsp3) is 0.625. The van der Waals surface area contributed by atoms with Gasteiger partial charge in [0.2, 0.25) is 0 Å². The minimum atomic E-state index is -0.0226. The summed E-state index contributed by atoms with van der Waals surface area (Å²) in [6.45, 7) is 2.38. The minimum Gasteiger partial charge on any atom is -0.490 e. The highest BCUT2D eigenvalue weighted by Gasteiger charge is 2.39. The van der Waals surface area contributed by atoms with Gasteiger partial charge in [0.25, 0.3) is 0 Å². The van der Waals surface area contributed by atoms with E-state index in [4.69, 9.17) is 25.8 Å². The molecule has 0 N–H and O–H groups in total. The maximum absolute atomic E-state index is 6.15. The molecule has 2 heterocycles. The molecule has 0 amide bonds. The molecule has 20 heavy (non-hydrogen) atoms. The molecule has 0 aromatic heterocycles. The van der Waals surface area contributed by atoms with Crippen LogP contribution in [0.1, 0.15) is 31.2 Å². The van der Waals surface area contributed by atoms with Gasteiger partial charge in [-0.25, -0.2) is 0 Å². The number of rotatable bonds is 3. The molecule has 2 fully saturated rings. The van der Waals surface area contributed by atoms with E-state index in [1.165, 1.54) is 0 Å². The molecule has 1 atom stereocenters. The van der Waals surface area contributed by atoms with Crippen LogP contribution in [0.3, 0.4) is 0 Å². The van der Waals surface area contributed by atoms with E-state index in [1.54, 1.807) is 0 Å². The van der Waals surface area contributed by atoms with Crippen LogP contribution >= 0.6 is 11.6 Å². The Morgan fingerprint density at radius 3 is 2.90 bits per heavy atom. The summed E-state index contributed by atoms with van der Waals surface area (Å²) >= 11 is 5.87. The molecule has 0 radical (unpaired) electrons. The van der Waals surface area contributed by atoms with E-state index in [2.05, 4.69) is 0 Å². The minimum absolute atomic E-state index is 0.0226. The highest BCUT2D eigenvalue weighted by molar-refractivity contribution is 6.17. The van der Waals surface area contributed by atoms with Crippen molar-refractivity contribution in [3.63, 3.8) is 0 Å². The molecule has 3 nitrogen and oxygen atoms in total. The summed E-state index contributed by atoms with van der Waals surface area (Å²) in [6.07, 6.45) is 4.10. The third kappa shape index (κ3) is 3.27.